The number of nitrogens with zero attached hydrogens (tertiary/aromatic N) is 4. The third-order valence-corrected chi connectivity index (χ3v) is 6.16. The maximum absolute atomic E-state index is 12.5. The summed E-state index contributed by atoms with van der Waals surface area (Å²) in [6.45, 7) is 2.13. The highest BCUT2D eigenvalue weighted by Crippen LogP contribution is 2.26. The van der Waals surface area contributed by atoms with Crippen LogP contribution in [0.2, 0.25) is 0 Å². The molecule has 0 unspecified atom stereocenters. The van der Waals surface area contributed by atoms with Crippen LogP contribution in [0.25, 0.3) is 16.9 Å². The fraction of sp³-hybridized carbons (Fsp3) is 0.143. The van der Waals surface area contributed by atoms with Crippen LogP contribution in [-0.2, 0) is 11.2 Å². The summed E-state index contributed by atoms with van der Waals surface area (Å²) in [5.41, 5.74) is 5.63. The van der Waals surface area contributed by atoms with Crippen molar-refractivity contribution in [3.8, 4) is 16.9 Å². The van der Waals surface area contributed by atoms with Gasteiger partial charge in [-0.15, -0.1) is 10.2 Å². The van der Waals surface area contributed by atoms with Gasteiger partial charge < -0.3 is 5.32 Å². The Kier molecular flexibility index (Phi) is 6.02. The van der Waals surface area contributed by atoms with Crippen LogP contribution >= 0.6 is 23.1 Å². The first kappa shape index (κ1) is 19.4. The van der Waals surface area contributed by atoms with Crippen molar-refractivity contribution in [1.29, 1.82) is 0 Å². The molecule has 146 valence electrons. The zero-order valence-electron chi connectivity index (χ0n) is 15.8. The number of hydrogen-bond donors (Lipinski definition) is 1. The molecule has 4 aromatic rings. The number of benzene rings is 2. The third kappa shape index (κ3) is 4.72. The number of rotatable bonds is 7. The van der Waals surface area contributed by atoms with E-state index in [1.165, 1.54) is 28.7 Å². The molecule has 0 bridgehead atoms. The van der Waals surface area contributed by atoms with Gasteiger partial charge >= 0.3 is 0 Å². The monoisotopic (exact) mass is 421 g/mol. The molecule has 8 heteroatoms. The highest BCUT2D eigenvalue weighted by atomic mass is 32.2. The molecule has 1 N–H and O–H groups in total. The van der Waals surface area contributed by atoms with Crippen molar-refractivity contribution >= 4 is 34.8 Å². The van der Waals surface area contributed by atoms with Gasteiger partial charge in [0.15, 0.2) is 4.34 Å². The molecule has 29 heavy (non-hydrogen) atoms. The molecule has 0 aliphatic rings. The van der Waals surface area contributed by atoms with Crippen molar-refractivity contribution < 1.29 is 4.79 Å². The second-order valence-electron chi connectivity index (χ2n) is 6.25. The average Bonchev–Trinajstić information content (AvgIpc) is 3.43. The summed E-state index contributed by atoms with van der Waals surface area (Å²) < 4.78 is 2.53. The van der Waals surface area contributed by atoms with Gasteiger partial charge in [-0.05, 0) is 24.1 Å². The first-order chi connectivity index (χ1) is 14.2. The number of nitrogens with one attached hydrogen (secondary N) is 1. The molecular weight excluding hydrogens is 402 g/mol. The van der Waals surface area contributed by atoms with E-state index in [0.717, 1.165) is 27.7 Å². The number of aromatic nitrogens is 4. The first-order valence-corrected chi connectivity index (χ1v) is 11.0. The van der Waals surface area contributed by atoms with Crippen molar-refractivity contribution in [3.05, 3.63) is 71.7 Å². The standard InChI is InChI=1S/C21H19N5OS2/c1-2-15-8-10-16(11-9-15)18-12-19(26(25-18)17-6-4-3-5-7-17)23-20(27)13-28-21-24-22-14-29-21/h3-12,14H,2,13H2,1H3,(H,23,27). The van der Waals surface area contributed by atoms with E-state index in [1.807, 2.05) is 36.4 Å². The average molecular weight is 422 g/mol. The summed E-state index contributed by atoms with van der Waals surface area (Å²) in [6.07, 6.45) is 0.992. The van der Waals surface area contributed by atoms with Crippen LogP contribution in [-0.4, -0.2) is 31.6 Å². The quantitative estimate of drug-likeness (QED) is 0.439. The van der Waals surface area contributed by atoms with Gasteiger partial charge in [0.2, 0.25) is 5.91 Å². The molecule has 2 aromatic carbocycles. The fourth-order valence-electron chi connectivity index (χ4n) is 2.82. The molecule has 0 saturated carbocycles. The minimum absolute atomic E-state index is 0.116. The Morgan fingerprint density at radius 3 is 2.62 bits per heavy atom. The summed E-state index contributed by atoms with van der Waals surface area (Å²) in [5.74, 6) is 0.777. The van der Waals surface area contributed by atoms with Crippen LogP contribution in [0.15, 0.2) is 70.5 Å². The van der Waals surface area contributed by atoms with Gasteiger partial charge in [-0.25, -0.2) is 4.68 Å². The second kappa shape index (κ2) is 9.02. The molecule has 2 aromatic heterocycles. The van der Waals surface area contributed by atoms with Crippen molar-refractivity contribution in [2.45, 2.75) is 17.7 Å². The molecular formula is C21H19N5OS2. The largest absolute Gasteiger partial charge is 0.310 e. The number of amides is 1. The van der Waals surface area contributed by atoms with Gasteiger partial charge in [0, 0.05) is 11.6 Å². The van der Waals surface area contributed by atoms with Crippen LogP contribution in [0, 0.1) is 0 Å². The van der Waals surface area contributed by atoms with Gasteiger partial charge in [-0.3, -0.25) is 4.79 Å². The van der Waals surface area contributed by atoms with E-state index < -0.39 is 0 Å². The zero-order chi connectivity index (χ0) is 20.1. The van der Waals surface area contributed by atoms with E-state index in [2.05, 4.69) is 46.7 Å². The van der Waals surface area contributed by atoms with Crippen LogP contribution in [0.4, 0.5) is 5.82 Å². The Hall–Kier alpha value is -2.97. The molecule has 1 amide bonds. The number of para-hydroxylation sites is 1. The van der Waals surface area contributed by atoms with Crippen molar-refractivity contribution in [3.63, 3.8) is 0 Å². The normalized spacial score (nSPS) is 10.8. The van der Waals surface area contributed by atoms with Crippen molar-refractivity contribution in [2.75, 3.05) is 11.1 Å². The lowest BCUT2D eigenvalue weighted by molar-refractivity contribution is -0.113. The number of carbonyl (C=O) groups excluding carboxylic acids is 1. The Morgan fingerprint density at radius 2 is 1.93 bits per heavy atom. The Morgan fingerprint density at radius 1 is 1.14 bits per heavy atom. The van der Waals surface area contributed by atoms with Gasteiger partial charge in [0.05, 0.1) is 17.1 Å². The molecule has 0 spiro atoms. The van der Waals surface area contributed by atoms with Crippen LogP contribution < -0.4 is 5.32 Å². The summed E-state index contributed by atoms with van der Waals surface area (Å²) in [6, 6.07) is 20.0. The maximum atomic E-state index is 12.5. The van der Waals surface area contributed by atoms with Crippen molar-refractivity contribution in [2.24, 2.45) is 0 Å². The zero-order valence-corrected chi connectivity index (χ0v) is 17.4. The molecule has 0 aliphatic heterocycles. The maximum Gasteiger partial charge on any atom is 0.235 e. The van der Waals surface area contributed by atoms with E-state index in [4.69, 9.17) is 5.10 Å². The van der Waals surface area contributed by atoms with E-state index >= 15 is 0 Å². The lowest BCUT2D eigenvalue weighted by atomic mass is 10.1. The lowest BCUT2D eigenvalue weighted by Crippen LogP contribution is -2.16. The molecule has 2 heterocycles. The number of hydrogen-bond acceptors (Lipinski definition) is 6. The Balaban J connectivity index is 1.60. The number of anilines is 1. The SMILES string of the molecule is CCc1ccc(-c2cc(NC(=O)CSc3nncs3)n(-c3ccccc3)n2)cc1. The molecule has 0 atom stereocenters. The van der Waals surface area contributed by atoms with E-state index in [1.54, 1.807) is 10.2 Å². The van der Waals surface area contributed by atoms with Crippen LogP contribution in [0.5, 0.6) is 0 Å². The Bertz CT molecular complexity index is 1080. The molecule has 0 fully saturated rings. The predicted octanol–water partition coefficient (Wildman–Crippen LogP) is 4.68. The highest BCUT2D eigenvalue weighted by Gasteiger charge is 2.14. The van der Waals surface area contributed by atoms with Crippen LogP contribution in [0.3, 0.4) is 0 Å². The third-order valence-electron chi connectivity index (χ3n) is 4.30. The topological polar surface area (TPSA) is 72.7 Å². The van der Waals surface area contributed by atoms with Gasteiger partial charge in [-0.2, -0.15) is 5.10 Å². The number of thioether (sulfide) groups is 1. The summed E-state index contributed by atoms with van der Waals surface area (Å²) >= 11 is 2.79. The summed E-state index contributed by atoms with van der Waals surface area (Å²) in [5, 5.41) is 15.5. The van der Waals surface area contributed by atoms with E-state index in [0.29, 0.717) is 5.82 Å². The molecule has 0 radical (unpaired) electrons. The summed E-state index contributed by atoms with van der Waals surface area (Å²) in [7, 11) is 0. The lowest BCUT2D eigenvalue weighted by Gasteiger charge is -2.08. The van der Waals surface area contributed by atoms with Crippen LogP contribution in [0.1, 0.15) is 12.5 Å². The first-order valence-electron chi connectivity index (χ1n) is 9.16. The van der Waals surface area contributed by atoms with E-state index in [-0.39, 0.29) is 11.7 Å². The molecule has 0 saturated heterocycles. The van der Waals surface area contributed by atoms with Crippen molar-refractivity contribution in [1.82, 2.24) is 20.0 Å². The fourth-order valence-corrected chi connectivity index (χ4v) is 4.11. The predicted molar refractivity (Wildman–Crippen MR) is 118 cm³/mol. The van der Waals surface area contributed by atoms with E-state index in [9.17, 15) is 4.79 Å². The second-order valence-corrected chi connectivity index (χ2v) is 8.31. The smallest absolute Gasteiger partial charge is 0.235 e. The molecule has 6 nitrogen and oxygen atoms in total. The minimum Gasteiger partial charge on any atom is -0.310 e. The van der Waals surface area contributed by atoms with Gasteiger partial charge in [-0.1, -0.05) is 72.5 Å². The Labute approximate surface area is 177 Å². The minimum atomic E-state index is -0.116. The number of carbonyl (C=O) groups is 1. The van der Waals surface area contributed by atoms with Gasteiger partial charge in [0.1, 0.15) is 11.3 Å². The van der Waals surface area contributed by atoms with Gasteiger partial charge in [0.25, 0.3) is 0 Å². The molecule has 4 rings (SSSR count). The number of aryl methyl sites for hydroxylation is 1. The molecule has 0 aliphatic carbocycles. The highest BCUT2D eigenvalue weighted by molar-refractivity contribution is 8.01. The summed E-state index contributed by atoms with van der Waals surface area (Å²) in [4.78, 5) is 12.5.